The smallest absolute Gasteiger partial charge is 0.251 e. The predicted molar refractivity (Wildman–Crippen MR) is 160 cm³/mol. The van der Waals surface area contributed by atoms with E-state index in [0.717, 1.165) is 16.8 Å². The van der Waals surface area contributed by atoms with Crippen molar-refractivity contribution in [3.8, 4) is 0 Å². The highest BCUT2D eigenvalue weighted by Gasteiger charge is 2.09. The van der Waals surface area contributed by atoms with E-state index in [9.17, 15) is 4.79 Å². The Hall–Kier alpha value is -4.58. The van der Waals surface area contributed by atoms with E-state index < -0.39 is 0 Å². The van der Waals surface area contributed by atoms with Gasteiger partial charge in [0, 0.05) is 37.4 Å². The summed E-state index contributed by atoms with van der Waals surface area (Å²) in [4.78, 5) is 26.1. The SMILES string of the molecule is NCCOCCOCCNC(=O)c1ccc(Nc2nc(NCc3ccccc3)nc(NCc3ccccc3)n2)cc1. The molecule has 4 rings (SSSR count). The molecule has 0 spiro atoms. The van der Waals surface area contributed by atoms with Crippen molar-refractivity contribution in [3.05, 3.63) is 102 Å². The number of hydrogen-bond acceptors (Lipinski definition) is 10. The summed E-state index contributed by atoms with van der Waals surface area (Å²) in [5, 5.41) is 12.6. The minimum Gasteiger partial charge on any atom is -0.378 e. The fraction of sp³-hybridized carbons (Fsp3) is 0.267. The molecule has 1 heterocycles. The van der Waals surface area contributed by atoms with Crippen molar-refractivity contribution in [3.63, 3.8) is 0 Å². The monoisotopic (exact) mass is 556 g/mol. The number of rotatable bonds is 17. The maximum absolute atomic E-state index is 12.5. The van der Waals surface area contributed by atoms with Crippen LogP contribution in [0.5, 0.6) is 0 Å². The van der Waals surface area contributed by atoms with Gasteiger partial charge < -0.3 is 36.5 Å². The number of carbonyl (C=O) groups is 1. The summed E-state index contributed by atoms with van der Waals surface area (Å²) in [6.07, 6.45) is 0. The quantitative estimate of drug-likeness (QED) is 0.122. The Kier molecular flexibility index (Phi) is 11.8. The number of benzene rings is 3. The van der Waals surface area contributed by atoms with Crippen LogP contribution in [0.3, 0.4) is 0 Å². The number of nitrogens with one attached hydrogen (secondary N) is 4. The molecule has 0 radical (unpaired) electrons. The highest BCUT2D eigenvalue weighted by atomic mass is 16.5. The average molecular weight is 557 g/mol. The Morgan fingerprint density at radius 3 is 1.76 bits per heavy atom. The van der Waals surface area contributed by atoms with Crippen LogP contribution >= 0.6 is 0 Å². The maximum atomic E-state index is 12.5. The van der Waals surface area contributed by atoms with Crippen LogP contribution in [0, 0.1) is 0 Å². The highest BCUT2D eigenvalue weighted by molar-refractivity contribution is 5.94. The summed E-state index contributed by atoms with van der Waals surface area (Å²) in [5.41, 5.74) is 8.85. The Morgan fingerprint density at radius 2 is 1.20 bits per heavy atom. The van der Waals surface area contributed by atoms with E-state index in [1.807, 2.05) is 60.7 Å². The van der Waals surface area contributed by atoms with Crippen molar-refractivity contribution < 1.29 is 14.3 Å². The molecule has 6 N–H and O–H groups in total. The van der Waals surface area contributed by atoms with Crippen LogP contribution in [-0.4, -0.2) is 60.4 Å². The number of hydrogen-bond donors (Lipinski definition) is 5. The number of aromatic nitrogens is 3. The van der Waals surface area contributed by atoms with Gasteiger partial charge in [-0.15, -0.1) is 0 Å². The van der Waals surface area contributed by atoms with E-state index in [1.165, 1.54) is 0 Å². The molecule has 1 amide bonds. The zero-order valence-electron chi connectivity index (χ0n) is 22.9. The highest BCUT2D eigenvalue weighted by Crippen LogP contribution is 2.18. The summed E-state index contributed by atoms with van der Waals surface area (Å²) < 4.78 is 10.7. The van der Waals surface area contributed by atoms with Crippen LogP contribution in [0.15, 0.2) is 84.9 Å². The fourth-order valence-electron chi connectivity index (χ4n) is 3.72. The maximum Gasteiger partial charge on any atom is 0.251 e. The number of nitrogens with zero attached hydrogens (tertiary/aromatic N) is 3. The minimum absolute atomic E-state index is 0.181. The van der Waals surface area contributed by atoms with Crippen LogP contribution in [0.2, 0.25) is 0 Å². The van der Waals surface area contributed by atoms with E-state index in [2.05, 4.69) is 36.2 Å². The third-order valence-corrected chi connectivity index (χ3v) is 5.79. The van der Waals surface area contributed by atoms with Crippen molar-refractivity contribution >= 4 is 29.4 Å². The van der Waals surface area contributed by atoms with Gasteiger partial charge in [0.2, 0.25) is 17.8 Å². The molecular weight excluding hydrogens is 520 g/mol. The third kappa shape index (κ3) is 10.5. The van der Waals surface area contributed by atoms with Gasteiger partial charge in [-0.3, -0.25) is 4.79 Å². The Labute approximate surface area is 239 Å². The molecule has 0 atom stereocenters. The number of amides is 1. The van der Waals surface area contributed by atoms with Gasteiger partial charge in [-0.2, -0.15) is 15.0 Å². The largest absolute Gasteiger partial charge is 0.378 e. The first-order valence-electron chi connectivity index (χ1n) is 13.5. The molecular formula is C30H36N8O3. The molecule has 0 saturated heterocycles. The van der Waals surface area contributed by atoms with Crippen LogP contribution < -0.4 is 27.0 Å². The summed E-state index contributed by atoms with van der Waals surface area (Å²) in [6.45, 7) is 3.88. The van der Waals surface area contributed by atoms with E-state index in [4.69, 9.17) is 15.2 Å². The second-order valence-electron chi connectivity index (χ2n) is 8.96. The van der Waals surface area contributed by atoms with E-state index >= 15 is 0 Å². The standard InChI is InChI=1S/C30H36N8O3/c31-15-17-40-19-20-41-18-16-32-27(39)25-11-13-26(14-12-25)35-30-37-28(33-21-23-7-3-1-4-8-23)36-29(38-30)34-22-24-9-5-2-6-10-24/h1-14H,15-22,31H2,(H,32,39)(H3,33,34,35,36,37,38). The number of anilines is 4. The Balaban J connectivity index is 1.34. The zero-order valence-corrected chi connectivity index (χ0v) is 22.9. The number of nitrogens with two attached hydrogens (primary N) is 1. The molecule has 41 heavy (non-hydrogen) atoms. The topological polar surface area (TPSA) is 148 Å². The first-order chi connectivity index (χ1) is 20.2. The normalized spacial score (nSPS) is 10.7. The van der Waals surface area contributed by atoms with Gasteiger partial charge >= 0.3 is 0 Å². The van der Waals surface area contributed by atoms with Crippen molar-refractivity contribution in [1.82, 2.24) is 20.3 Å². The van der Waals surface area contributed by atoms with Gasteiger partial charge in [-0.25, -0.2) is 0 Å². The number of ether oxygens (including phenoxy) is 2. The third-order valence-electron chi connectivity index (χ3n) is 5.79. The molecule has 1 aromatic heterocycles. The molecule has 11 nitrogen and oxygen atoms in total. The first-order valence-corrected chi connectivity index (χ1v) is 13.5. The van der Waals surface area contributed by atoms with Gasteiger partial charge in [-0.05, 0) is 35.4 Å². The zero-order chi connectivity index (χ0) is 28.5. The Morgan fingerprint density at radius 1 is 0.659 bits per heavy atom. The summed E-state index contributed by atoms with van der Waals surface area (Å²) >= 11 is 0. The van der Waals surface area contributed by atoms with Gasteiger partial charge in [0.25, 0.3) is 5.91 Å². The van der Waals surface area contributed by atoms with E-state index in [0.29, 0.717) is 76.0 Å². The first kappa shape index (κ1) is 29.4. The van der Waals surface area contributed by atoms with Gasteiger partial charge in [-0.1, -0.05) is 60.7 Å². The van der Waals surface area contributed by atoms with Crippen LogP contribution in [0.4, 0.5) is 23.5 Å². The lowest BCUT2D eigenvalue weighted by molar-refractivity contribution is 0.0511. The van der Waals surface area contributed by atoms with E-state index in [-0.39, 0.29) is 5.91 Å². The molecule has 4 aromatic rings. The molecule has 0 aliphatic rings. The van der Waals surface area contributed by atoms with E-state index in [1.54, 1.807) is 24.3 Å². The number of carbonyl (C=O) groups excluding carboxylic acids is 1. The predicted octanol–water partition coefficient (Wildman–Crippen LogP) is 3.56. The molecule has 0 aliphatic heterocycles. The molecule has 214 valence electrons. The van der Waals surface area contributed by atoms with Crippen LogP contribution in [0.1, 0.15) is 21.5 Å². The molecule has 11 heteroatoms. The van der Waals surface area contributed by atoms with Crippen molar-refractivity contribution in [2.75, 3.05) is 55.5 Å². The molecule has 0 fully saturated rings. The summed E-state index contributed by atoms with van der Waals surface area (Å²) in [6, 6.07) is 27.1. The molecule has 0 unspecified atom stereocenters. The minimum atomic E-state index is -0.181. The summed E-state index contributed by atoms with van der Waals surface area (Å²) in [7, 11) is 0. The lowest BCUT2D eigenvalue weighted by Crippen LogP contribution is -2.27. The summed E-state index contributed by atoms with van der Waals surface area (Å²) in [5.74, 6) is 1.06. The average Bonchev–Trinajstić information content (AvgIpc) is 3.01. The lowest BCUT2D eigenvalue weighted by atomic mass is 10.2. The lowest BCUT2D eigenvalue weighted by Gasteiger charge is -2.12. The van der Waals surface area contributed by atoms with Crippen LogP contribution in [0.25, 0.3) is 0 Å². The molecule has 3 aromatic carbocycles. The second-order valence-corrected chi connectivity index (χ2v) is 8.96. The fourth-order valence-corrected chi connectivity index (χ4v) is 3.72. The van der Waals surface area contributed by atoms with Crippen LogP contribution in [-0.2, 0) is 22.6 Å². The molecule has 0 bridgehead atoms. The van der Waals surface area contributed by atoms with Gasteiger partial charge in [0.1, 0.15) is 0 Å². The van der Waals surface area contributed by atoms with Gasteiger partial charge in [0.05, 0.1) is 26.4 Å². The second kappa shape index (κ2) is 16.5. The molecule has 0 aliphatic carbocycles. The van der Waals surface area contributed by atoms with Crippen molar-refractivity contribution in [2.45, 2.75) is 13.1 Å². The Bertz CT molecular complexity index is 1260. The van der Waals surface area contributed by atoms with Crippen molar-refractivity contribution in [1.29, 1.82) is 0 Å². The molecule has 0 saturated carbocycles. The van der Waals surface area contributed by atoms with Gasteiger partial charge in [0.15, 0.2) is 0 Å². The van der Waals surface area contributed by atoms with Crippen molar-refractivity contribution in [2.24, 2.45) is 5.73 Å².